The first-order valence-corrected chi connectivity index (χ1v) is 7.96. The van der Waals surface area contributed by atoms with Gasteiger partial charge in [0.1, 0.15) is 0 Å². The predicted molar refractivity (Wildman–Crippen MR) is 89.5 cm³/mol. The molecule has 1 fully saturated rings. The van der Waals surface area contributed by atoms with E-state index >= 15 is 0 Å². The third-order valence-electron chi connectivity index (χ3n) is 3.44. The van der Waals surface area contributed by atoms with Crippen molar-refractivity contribution >= 4 is 34.5 Å². The van der Waals surface area contributed by atoms with Crippen LogP contribution in [0.2, 0.25) is 0 Å². The molecule has 2 aromatic carbocycles. The zero-order chi connectivity index (χ0) is 16.2. The van der Waals surface area contributed by atoms with Crippen LogP contribution in [0, 0.1) is 0 Å². The maximum Gasteiger partial charge on any atom is 0.286 e. The summed E-state index contributed by atoms with van der Waals surface area (Å²) in [5, 5.41) is 4.41. The van der Waals surface area contributed by atoms with E-state index in [0.29, 0.717) is 17.7 Å². The Kier molecular flexibility index (Phi) is 4.43. The molecule has 2 aromatic rings. The van der Waals surface area contributed by atoms with Crippen LogP contribution in [0.15, 0.2) is 54.6 Å². The third-order valence-corrected chi connectivity index (χ3v) is 4.42. The summed E-state index contributed by atoms with van der Waals surface area (Å²) < 4.78 is 0. The Labute approximate surface area is 137 Å². The van der Waals surface area contributed by atoms with Gasteiger partial charge in [-0.15, -0.1) is 0 Å². The van der Waals surface area contributed by atoms with Gasteiger partial charge in [-0.05, 0) is 36.2 Å². The number of thioether (sulfide) groups is 1. The minimum atomic E-state index is -0.382. The van der Waals surface area contributed by atoms with Gasteiger partial charge in [0.15, 0.2) is 0 Å². The topological polar surface area (TPSA) is 75.3 Å². The number of amides is 3. The second-order valence-corrected chi connectivity index (χ2v) is 6.28. The first-order chi connectivity index (χ1) is 11.1. The molecular formula is C17H14N2O3S. The predicted octanol–water partition coefficient (Wildman–Crippen LogP) is 2.83. The lowest BCUT2D eigenvalue weighted by atomic mass is 10.1. The van der Waals surface area contributed by atoms with Gasteiger partial charge in [-0.25, -0.2) is 0 Å². The highest BCUT2D eigenvalue weighted by Gasteiger charge is 2.31. The molecule has 6 heteroatoms. The Morgan fingerprint density at radius 1 is 1.04 bits per heavy atom. The van der Waals surface area contributed by atoms with Crippen LogP contribution < -0.4 is 10.6 Å². The van der Waals surface area contributed by atoms with Gasteiger partial charge in [0.05, 0.1) is 5.25 Å². The largest absolute Gasteiger partial charge is 0.322 e. The lowest BCUT2D eigenvalue weighted by Gasteiger charge is -2.08. The van der Waals surface area contributed by atoms with Crippen LogP contribution in [0.3, 0.4) is 0 Å². The number of anilines is 1. The molecule has 0 saturated carbocycles. The van der Waals surface area contributed by atoms with Gasteiger partial charge in [0.2, 0.25) is 5.91 Å². The van der Waals surface area contributed by atoms with Crippen molar-refractivity contribution in [3.8, 4) is 0 Å². The molecule has 0 spiro atoms. The third kappa shape index (κ3) is 3.78. The van der Waals surface area contributed by atoms with Crippen molar-refractivity contribution < 1.29 is 14.4 Å². The van der Waals surface area contributed by atoms with E-state index in [2.05, 4.69) is 10.6 Å². The maximum absolute atomic E-state index is 12.1. The van der Waals surface area contributed by atoms with Gasteiger partial charge in [0.25, 0.3) is 11.1 Å². The van der Waals surface area contributed by atoms with Crippen molar-refractivity contribution in [1.82, 2.24) is 5.32 Å². The van der Waals surface area contributed by atoms with Gasteiger partial charge in [-0.1, -0.05) is 42.1 Å². The minimum absolute atomic E-state index is 0.172. The van der Waals surface area contributed by atoms with E-state index in [-0.39, 0.29) is 22.3 Å². The number of nitrogens with one attached hydrogen (secondary N) is 2. The average Bonchev–Trinajstić information content (AvgIpc) is 2.87. The Hall–Kier alpha value is -2.60. The van der Waals surface area contributed by atoms with Crippen molar-refractivity contribution in [2.75, 3.05) is 5.32 Å². The van der Waals surface area contributed by atoms with E-state index < -0.39 is 0 Å². The van der Waals surface area contributed by atoms with E-state index in [9.17, 15) is 14.4 Å². The summed E-state index contributed by atoms with van der Waals surface area (Å²) in [5.74, 6) is -0.420. The van der Waals surface area contributed by atoms with Crippen LogP contribution >= 0.6 is 11.8 Å². The summed E-state index contributed by atoms with van der Waals surface area (Å²) in [4.78, 5) is 34.7. The highest BCUT2D eigenvalue weighted by Crippen LogP contribution is 2.23. The van der Waals surface area contributed by atoms with Crippen LogP contribution in [0.25, 0.3) is 0 Å². The Morgan fingerprint density at radius 3 is 2.35 bits per heavy atom. The second-order valence-electron chi connectivity index (χ2n) is 5.10. The molecule has 1 heterocycles. The van der Waals surface area contributed by atoms with Crippen molar-refractivity contribution in [3.05, 3.63) is 65.7 Å². The SMILES string of the molecule is O=C1NC(=O)C(Cc2ccc(NC(=O)c3ccccc3)cc2)S1. The Balaban J connectivity index is 1.62. The maximum atomic E-state index is 12.1. The summed E-state index contributed by atoms with van der Waals surface area (Å²) in [6.07, 6.45) is 0.481. The van der Waals surface area contributed by atoms with Gasteiger partial charge < -0.3 is 5.32 Å². The standard InChI is InChI=1S/C17H14N2O3S/c20-15(12-4-2-1-3-5-12)18-13-8-6-11(7-9-13)10-14-16(21)19-17(22)23-14/h1-9,14H,10H2,(H,18,20)(H,19,21,22). The molecule has 23 heavy (non-hydrogen) atoms. The van der Waals surface area contributed by atoms with Crippen LogP contribution in [0.5, 0.6) is 0 Å². The fourth-order valence-corrected chi connectivity index (χ4v) is 3.12. The molecule has 1 atom stereocenters. The molecule has 1 saturated heterocycles. The number of hydrogen-bond donors (Lipinski definition) is 2. The zero-order valence-electron chi connectivity index (χ0n) is 12.1. The van der Waals surface area contributed by atoms with Crippen LogP contribution in [0.1, 0.15) is 15.9 Å². The number of hydrogen-bond acceptors (Lipinski definition) is 4. The highest BCUT2D eigenvalue weighted by atomic mass is 32.2. The normalized spacial score (nSPS) is 17.0. The number of carbonyl (C=O) groups excluding carboxylic acids is 3. The number of benzene rings is 2. The van der Waals surface area contributed by atoms with Gasteiger partial charge in [-0.3, -0.25) is 19.7 Å². The van der Waals surface area contributed by atoms with Gasteiger partial charge in [-0.2, -0.15) is 0 Å². The lowest BCUT2D eigenvalue weighted by Crippen LogP contribution is -2.25. The zero-order valence-corrected chi connectivity index (χ0v) is 12.9. The fraction of sp³-hybridized carbons (Fsp3) is 0.118. The van der Waals surface area contributed by atoms with Crippen molar-refractivity contribution in [3.63, 3.8) is 0 Å². The number of carbonyl (C=O) groups is 3. The molecular weight excluding hydrogens is 312 g/mol. The molecule has 0 radical (unpaired) electrons. The molecule has 3 amide bonds. The van der Waals surface area contributed by atoms with E-state index in [1.807, 2.05) is 30.3 Å². The lowest BCUT2D eigenvalue weighted by molar-refractivity contribution is -0.118. The summed E-state index contributed by atoms with van der Waals surface area (Å²) in [5.41, 5.74) is 2.21. The molecule has 1 unspecified atom stereocenters. The molecule has 1 aliphatic heterocycles. The van der Waals surface area contributed by atoms with Gasteiger partial charge in [0, 0.05) is 11.3 Å². The molecule has 2 N–H and O–H groups in total. The monoisotopic (exact) mass is 326 g/mol. The van der Waals surface area contributed by atoms with E-state index in [1.54, 1.807) is 24.3 Å². The summed E-state index contributed by atoms with van der Waals surface area (Å²) in [6, 6.07) is 16.2. The van der Waals surface area contributed by atoms with E-state index in [1.165, 1.54) is 0 Å². The van der Waals surface area contributed by atoms with Crippen molar-refractivity contribution in [2.45, 2.75) is 11.7 Å². The van der Waals surface area contributed by atoms with Crippen LogP contribution in [-0.2, 0) is 11.2 Å². The first kappa shape index (κ1) is 15.3. The van der Waals surface area contributed by atoms with E-state index in [0.717, 1.165) is 17.3 Å². The Bertz CT molecular complexity index is 744. The van der Waals surface area contributed by atoms with Crippen LogP contribution in [-0.4, -0.2) is 22.3 Å². The molecule has 0 aromatic heterocycles. The highest BCUT2D eigenvalue weighted by molar-refractivity contribution is 8.15. The van der Waals surface area contributed by atoms with Gasteiger partial charge >= 0.3 is 0 Å². The molecule has 5 nitrogen and oxygen atoms in total. The van der Waals surface area contributed by atoms with E-state index in [4.69, 9.17) is 0 Å². The molecule has 0 aliphatic carbocycles. The molecule has 3 rings (SSSR count). The second kappa shape index (κ2) is 6.66. The summed E-state index contributed by atoms with van der Waals surface area (Å²) in [7, 11) is 0. The molecule has 1 aliphatic rings. The smallest absolute Gasteiger partial charge is 0.286 e. The summed E-state index contributed by atoms with van der Waals surface area (Å²) in [6.45, 7) is 0. The quantitative estimate of drug-likeness (QED) is 0.906. The summed E-state index contributed by atoms with van der Waals surface area (Å²) >= 11 is 1.01. The fourth-order valence-electron chi connectivity index (χ4n) is 2.26. The molecule has 116 valence electrons. The van der Waals surface area contributed by atoms with Crippen LogP contribution in [0.4, 0.5) is 10.5 Å². The Morgan fingerprint density at radius 2 is 1.74 bits per heavy atom. The van der Waals surface area contributed by atoms with Crippen molar-refractivity contribution in [1.29, 1.82) is 0 Å². The van der Waals surface area contributed by atoms with Crippen molar-refractivity contribution in [2.24, 2.45) is 0 Å². The first-order valence-electron chi connectivity index (χ1n) is 7.08. The number of rotatable bonds is 4. The molecule has 0 bridgehead atoms. The number of imide groups is 1. The average molecular weight is 326 g/mol. The minimum Gasteiger partial charge on any atom is -0.322 e.